The number of amides is 2. The predicted molar refractivity (Wildman–Crippen MR) is 118 cm³/mol. The van der Waals surface area contributed by atoms with Gasteiger partial charge in [0.25, 0.3) is 5.91 Å². The zero-order valence-corrected chi connectivity index (χ0v) is 18.1. The minimum atomic E-state index is -0.551. The number of carbonyl (C=O) groups excluding carboxylic acids is 2. The van der Waals surface area contributed by atoms with Crippen molar-refractivity contribution >= 4 is 23.5 Å². The van der Waals surface area contributed by atoms with Crippen LogP contribution in [-0.2, 0) is 11.3 Å². The Bertz CT molecular complexity index is 949. The van der Waals surface area contributed by atoms with Gasteiger partial charge in [0.2, 0.25) is 0 Å². The lowest BCUT2D eigenvalue weighted by molar-refractivity contribution is 0.0141. The van der Waals surface area contributed by atoms with Gasteiger partial charge in [-0.1, -0.05) is 0 Å². The van der Waals surface area contributed by atoms with Crippen molar-refractivity contribution in [3.63, 3.8) is 0 Å². The summed E-state index contributed by atoms with van der Waals surface area (Å²) in [5.41, 5.74) is 13.0. The Kier molecular flexibility index (Phi) is 6.53. The molecule has 0 aliphatic carbocycles. The fourth-order valence-corrected chi connectivity index (χ4v) is 3.21. The fourth-order valence-electron chi connectivity index (χ4n) is 3.21. The molecule has 0 radical (unpaired) electrons. The van der Waals surface area contributed by atoms with Gasteiger partial charge in [0, 0.05) is 43.6 Å². The maximum absolute atomic E-state index is 13.0. The third kappa shape index (κ3) is 6.00. The summed E-state index contributed by atoms with van der Waals surface area (Å²) in [5.74, 6) is 0.625. The first-order valence-electron chi connectivity index (χ1n) is 10.1. The molecule has 1 fully saturated rings. The molecule has 0 saturated carbocycles. The lowest BCUT2D eigenvalue weighted by Gasteiger charge is -2.35. The molecule has 0 atom stereocenters. The van der Waals surface area contributed by atoms with E-state index in [1.807, 2.05) is 20.8 Å². The molecule has 0 spiro atoms. The molecule has 3 rings (SSSR count). The molecule has 31 heavy (non-hydrogen) atoms. The summed E-state index contributed by atoms with van der Waals surface area (Å²) in [6.07, 6.45) is 1.22. The van der Waals surface area contributed by atoms with Crippen LogP contribution in [0.2, 0.25) is 0 Å². The standard InChI is InChI=1S/C22H29N5O4/c1-22(2,3)31-21(29)27-9-7-26(8-10-27)20(28)16-11-15(12-17(23)13-16)14-30-18-5-4-6-25-19(18)24/h4-6,11-13H,7-10,14,23H2,1-3H3,(H2,24,25). The third-order valence-corrected chi connectivity index (χ3v) is 4.67. The van der Waals surface area contributed by atoms with E-state index in [-0.39, 0.29) is 18.6 Å². The van der Waals surface area contributed by atoms with Crippen molar-refractivity contribution in [2.24, 2.45) is 0 Å². The minimum Gasteiger partial charge on any atom is -0.485 e. The van der Waals surface area contributed by atoms with Gasteiger partial charge in [-0.15, -0.1) is 0 Å². The van der Waals surface area contributed by atoms with Gasteiger partial charge in [0.1, 0.15) is 12.2 Å². The number of piperazine rings is 1. The quantitative estimate of drug-likeness (QED) is 0.719. The number of hydrogen-bond acceptors (Lipinski definition) is 7. The number of pyridine rings is 1. The van der Waals surface area contributed by atoms with E-state index in [4.69, 9.17) is 20.9 Å². The predicted octanol–water partition coefficient (Wildman–Crippen LogP) is 2.52. The molecule has 1 aromatic carbocycles. The van der Waals surface area contributed by atoms with Crippen LogP contribution in [0.4, 0.5) is 16.3 Å². The second-order valence-corrected chi connectivity index (χ2v) is 8.40. The van der Waals surface area contributed by atoms with E-state index < -0.39 is 5.60 Å². The average Bonchev–Trinajstić information content (AvgIpc) is 2.71. The molecule has 1 aliphatic heterocycles. The number of nitrogens with zero attached hydrogens (tertiary/aromatic N) is 3. The number of rotatable bonds is 4. The van der Waals surface area contributed by atoms with E-state index in [0.29, 0.717) is 49.0 Å². The molecule has 1 saturated heterocycles. The van der Waals surface area contributed by atoms with Gasteiger partial charge in [-0.3, -0.25) is 4.79 Å². The van der Waals surface area contributed by atoms with Gasteiger partial charge < -0.3 is 30.7 Å². The summed E-state index contributed by atoms with van der Waals surface area (Å²) in [6, 6.07) is 8.61. The number of nitrogens with two attached hydrogens (primary N) is 2. The lowest BCUT2D eigenvalue weighted by atomic mass is 10.1. The maximum atomic E-state index is 13.0. The van der Waals surface area contributed by atoms with E-state index in [0.717, 1.165) is 5.56 Å². The molecule has 2 aromatic rings. The van der Waals surface area contributed by atoms with Gasteiger partial charge in [-0.2, -0.15) is 0 Å². The largest absolute Gasteiger partial charge is 0.485 e. The van der Waals surface area contributed by atoms with Gasteiger partial charge in [-0.25, -0.2) is 9.78 Å². The fraction of sp³-hybridized carbons (Fsp3) is 0.409. The van der Waals surface area contributed by atoms with Gasteiger partial charge >= 0.3 is 6.09 Å². The highest BCUT2D eigenvalue weighted by molar-refractivity contribution is 5.95. The van der Waals surface area contributed by atoms with Crippen LogP contribution in [0.25, 0.3) is 0 Å². The molecular weight excluding hydrogens is 398 g/mol. The average molecular weight is 428 g/mol. The van der Waals surface area contributed by atoms with Gasteiger partial charge in [-0.05, 0) is 56.7 Å². The van der Waals surface area contributed by atoms with Crippen LogP contribution in [-0.4, -0.2) is 58.6 Å². The summed E-state index contributed by atoms with van der Waals surface area (Å²) >= 11 is 0. The second-order valence-electron chi connectivity index (χ2n) is 8.40. The molecule has 0 bridgehead atoms. The Labute approximate surface area is 181 Å². The van der Waals surface area contributed by atoms with E-state index >= 15 is 0 Å². The Balaban J connectivity index is 1.62. The van der Waals surface area contributed by atoms with Crippen molar-refractivity contribution < 1.29 is 19.1 Å². The Morgan fingerprint density at radius 1 is 1.06 bits per heavy atom. The Morgan fingerprint density at radius 3 is 2.39 bits per heavy atom. The Morgan fingerprint density at radius 2 is 1.74 bits per heavy atom. The van der Waals surface area contributed by atoms with Gasteiger partial charge in [0.05, 0.1) is 0 Å². The van der Waals surface area contributed by atoms with Crippen LogP contribution in [0.1, 0.15) is 36.7 Å². The first kappa shape index (κ1) is 22.2. The minimum absolute atomic E-state index is 0.140. The molecule has 2 heterocycles. The van der Waals surface area contributed by atoms with E-state index in [9.17, 15) is 9.59 Å². The lowest BCUT2D eigenvalue weighted by Crippen LogP contribution is -2.51. The molecule has 1 aliphatic rings. The Hall–Kier alpha value is -3.49. The van der Waals surface area contributed by atoms with Crippen molar-refractivity contribution in [3.8, 4) is 5.75 Å². The molecule has 4 N–H and O–H groups in total. The third-order valence-electron chi connectivity index (χ3n) is 4.67. The van der Waals surface area contributed by atoms with Crippen LogP contribution < -0.4 is 16.2 Å². The topological polar surface area (TPSA) is 124 Å². The summed E-state index contributed by atoms with van der Waals surface area (Å²) in [5, 5.41) is 0. The van der Waals surface area contributed by atoms with Crippen LogP contribution in [0, 0.1) is 0 Å². The highest BCUT2D eigenvalue weighted by atomic mass is 16.6. The van der Waals surface area contributed by atoms with Crippen LogP contribution >= 0.6 is 0 Å². The maximum Gasteiger partial charge on any atom is 0.410 e. The van der Waals surface area contributed by atoms with Crippen molar-refractivity contribution in [2.45, 2.75) is 33.0 Å². The van der Waals surface area contributed by atoms with Gasteiger partial charge in [0.15, 0.2) is 11.6 Å². The number of benzene rings is 1. The monoisotopic (exact) mass is 427 g/mol. The zero-order valence-electron chi connectivity index (χ0n) is 18.1. The van der Waals surface area contributed by atoms with E-state index in [1.165, 1.54) is 0 Å². The van der Waals surface area contributed by atoms with E-state index in [1.54, 1.807) is 46.3 Å². The molecule has 2 amide bonds. The SMILES string of the molecule is CC(C)(C)OC(=O)N1CCN(C(=O)c2cc(N)cc(COc3cccnc3N)c2)CC1. The molecule has 166 valence electrons. The second kappa shape index (κ2) is 9.11. The molecule has 0 unspecified atom stereocenters. The highest BCUT2D eigenvalue weighted by Crippen LogP contribution is 2.21. The van der Waals surface area contributed by atoms with E-state index in [2.05, 4.69) is 4.98 Å². The van der Waals surface area contributed by atoms with Crippen molar-refractivity contribution in [2.75, 3.05) is 37.6 Å². The number of nitrogen functional groups attached to an aromatic ring is 2. The number of ether oxygens (including phenoxy) is 2. The molecule has 9 nitrogen and oxygen atoms in total. The van der Waals surface area contributed by atoms with Crippen LogP contribution in [0.15, 0.2) is 36.5 Å². The normalized spacial score (nSPS) is 14.3. The molecule has 9 heteroatoms. The number of aromatic nitrogens is 1. The number of carbonyl (C=O) groups is 2. The first-order chi connectivity index (χ1) is 14.6. The molecular formula is C22H29N5O4. The molecule has 1 aromatic heterocycles. The van der Waals surface area contributed by atoms with Crippen molar-refractivity contribution in [3.05, 3.63) is 47.7 Å². The van der Waals surface area contributed by atoms with Crippen molar-refractivity contribution in [1.82, 2.24) is 14.8 Å². The number of hydrogen-bond donors (Lipinski definition) is 2. The van der Waals surface area contributed by atoms with Crippen LogP contribution in [0.5, 0.6) is 5.75 Å². The number of anilines is 2. The summed E-state index contributed by atoms with van der Waals surface area (Å²) in [6.45, 7) is 7.36. The summed E-state index contributed by atoms with van der Waals surface area (Å²) < 4.78 is 11.1. The first-order valence-corrected chi connectivity index (χ1v) is 10.1. The van der Waals surface area contributed by atoms with Crippen LogP contribution in [0.3, 0.4) is 0 Å². The van der Waals surface area contributed by atoms with Crippen molar-refractivity contribution in [1.29, 1.82) is 0 Å². The zero-order chi connectivity index (χ0) is 22.6. The highest BCUT2D eigenvalue weighted by Gasteiger charge is 2.28. The summed E-state index contributed by atoms with van der Waals surface area (Å²) in [4.78, 5) is 32.5. The summed E-state index contributed by atoms with van der Waals surface area (Å²) in [7, 11) is 0. The smallest absolute Gasteiger partial charge is 0.410 e.